The number of aromatic nitrogens is 1. The quantitative estimate of drug-likeness (QED) is 0.822. The van der Waals surface area contributed by atoms with Crippen LogP contribution in [0.25, 0.3) is 0 Å². The second-order valence-electron chi connectivity index (χ2n) is 8.55. The molecule has 2 aromatic rings. The van der Waals surface area contributed by atoms with E-state index in [0.29, 0.717) is 0 Å². The predicted molar refractivity (Wildman–Crippen MR) is 101 cm³/mol. The van der Waals surface area contributed by atoms with Gasteiger partial charge in [0.2, 0.25) is 0 Å². The van der Waals surface area contributed by atoms with Gasteiger partial charge in [0.05, 0.1) is 17.8 Å². The second kappa shape index (κ2) is 6.62. The summed E-state index contributed by atoms with van der Waals surface area (Å²) in [4.78, 5) is 4.77. The van der Waals surface area contributed by atoms with Crippen LogP contribution in [0, 0.1) is 24.7 Å². The molecule has 0 aliphatic carbocycles. The van der Waals surface area contributed by atoms with Crippen LogP contribution in [0.2, 0.25) is 0 Å². The van der Waals surface area contributed by atoms with Gasteiger partial charge in [-0.2, -0.15) is 0 Å². The van der Waals surface area contributed by atoms with Crippen molar-refractivity contribution in [3.05, 3.63) is 39.2 Å². The fraction of sp³-hybridized carbons (Fsp3) is 0.632. The molecule has 0 bridgehead atoms. The van der Waals surface area contributed by atoms with E-state index in [1.165, 1.54) is 0 Å². The Hall–Kier alpha value is -1.17. The number of thiazole rings is 1. The zero-order valence-corrected chi connectivity index (χ0v) is 16.8. The van der Waals surface area contributed by atoms with E-state index < -0.39 is 0 Å². The Morgan fingerprint density at radius 1 is 1.12 bits per heavy atom. The number of nitrogens with zero attached hydrogens (tertiary/aromatic N) is 1. The Morgan fingerprint density at radius 3 is 2.25 bits per heavy atom. The van der Waals surface area contributed by atoms with Crippen molar-refractivity contribution in [1.82, 2.24) is 4.98 Å². The summed E-state index contributed by atoms with van der Waals surface area (Å²) in [6.45, 7) is 14.8. The maximum Gasteiger partial charge on any atom is 0.121 e. The van der Waals surface area contributed by atoms with E-state index in [9.17, 15) is 0 Å². The molecule has 2 heterocycles. The number of furan rings is 1. The molecule has 0 aliphatic rings. The van der Waals surface area contributed by atoms with Crippen molar-refractivity contribution >= 4 is 11.3 Å². The van der Waals surface area contributed by atoms with Crippen LogP contribution in [0.1, 0.15) is 74.5 Å². The highest BCUT2D eigenvalue weighted by Crippen LogP contribution is 2.38. The lowest BCUT2D eigenvalue weighted by molar-refractivity contribution is 0.250. The third-order valence-corrected chi connectivity index (χ3v) is 5.72. The predicted octanol–water partition coefficient (Wildman–Crippen LogP) is 4.67. The molecule has 2 aromatic heterocycles. The van der Waals surface area contributed by atoms with E-state index >= 15 is 0 Å². The molecule has 0 aliphatic heterocycles. The normalized spacial score (nSPS) is 15.5. The average molecular weight is 350 g/mol. The van der Waals surface area contributed by atoms with Gasteiger partial charge in [-0.1, -0.05) is 34.6 Å². The van der Waals surface area contributed by atoms with E-state index in [1.807, 2.05) is 19.9 Å². The molecule has 4 N–H and O–H groups in total. The van der Waals surface area contributed by atoms with Gasteiger partial charge in [0.1, 0.15) is 16.5 Å². The molecule has 0 fully saturated rings. The number of nitrogens with two attached hydrogens (primary N) is 2. The Balaban J connectivity index is 2.16. The van der Waals surface area contributed by atoms with Crippen LogP contribution in [0.4, 0.5) is 0 Å². The third-order valence-electron chi connectivity index (χ3n) is 4.74. The molecule has 134 valence electrons. The van der Waals surface area contributed by atoms with Gasteiger partial charge in [-0.05, 0) is 42.7 Å². The summed E-state index contributed by atoms with van der Waals surface area (Å²) in [5.41, 5.74) is 14.9. The monoisotopic (exact) mass is 349 g/mol. The second-order valence-corrected chi connectivity index (χ2v) is 9.44. The maximum atomic E-state index is 6.50. The molecule has 5 heteroatoms. The largest absolute Gasteiger partial charge is 0.464 e. The molecule has 2 rings (SSSR count). The van der Waals surface area contributed by atoms with Gasteiger partial charge in [0, 0.05) is 5.38 Å². The first-order valence-electron chi connectivity index (χ1n) is 8.44. The highest BCUT2D eigenvalue weighted by atomic mass is 32.1. The van der Waals surface area contributed by atoms with Crippen LogP contribution in [-0.2, 0) is 6.42 Å². The molecular weight excluding hydrogens is 318 g/mol. The molecule has 24 heavy (non-hydrogen) atoms. The Morgan fingerprint density at radius 2 is 1.75 bits per heavy atom. The van der Waals surface area contributed by atoms with E-state index in [0.717, 1.165) is 34.2 Å². The van der Waals surface area contributed by atoms with Crippen LogP contribution in [0.3, 0.4) is 0 Å². The first-order chi connectivity index (χ1) is 10.9. The van der Waals surface area contributed by atoms with Crippen molar-refractivity contribution in [3.8, 4) is 0 Å². The van der Waals surface area contributed by atoms with Crippen LogP contribution in [0.15, 0.2) is 15.9 Å². The molecule has 2 atom stereocenters. The number of aryl methyl sites for hydroxylation is 2. The highest BCUT2D eigenvalue weighted by Gasteiger charge is 2.32. The minimum absolute atomic E-state index is 0.00423. The molecular formula is C19H31N3OS. The number of hydrogen-bond donors (Lipinski definition) is 2. The third kappa shape index (κ3) is 4.08. The summed E-state index contributed by atoms with van der Waals surface area (Å²) < 4.78 is 5.83. The molecule has 0 saturated carbocycles. The van der Waals surface area contributed by atoms with Crippen LogP contribution in [0.5, 0.6) is 0 Å². The lowest BCUT2D eigenvalue weighted by Crippen LogP contribution is -2.31. The minimum atomic E-state index is -0.175. The van der Waals surface area contributed by atoms with Crippen molar-refractivity contribution in [1.29, 1.82) is 0 Å². The minimum Gasteiger partial charge on any atom is -0.464 e. The first kappa shape index (κ1) is 19.2. The lowest BCUT2D eigenvalue weighted by Gasteiger charge is -2.29. The van der Waals surface area contributed by atoms with Crippen molar-refractivity contribution in [2.24, 2.45) is 22.3 Å². The fourth-order valence-electron chi connectivity index (χ4n) is 2.63. The standard InChI is InChI=1S/C19H31N3OS/c1-11-8-14(23-12(11)2)15(20)19(6,7)9-13-10-24-17(22-13)16(21)18(3,4)5/h8,10,15-16H,9,20-21H2,1-7H3/t15-,16-/m0/s1. The van der Waals surface area contributed by atoms with Crippen molar-refractivity contribution in [3.63, 3.8) is 0 Å². The summed E-state index contributed by atoms with van der Waals surface area (Å²) >= 11 is 1.64. The Kier molecular flexibility index (Phi) is 5.28. The summed E-state index contributed by atoms with van der Waals surface area (Å²) in [5.74, 6) is 1.78. The zero-order chi connectivity index (χ0) is 18.3. The van der Waals surface area contributed by atoms with Gasteiger partial charge in [-0.3, -0.25) is 0 Å². The van der Waals surface area contributed by atoms with Gasteiger partial charge >= 0.3 is 0 Å². The molecule has 0 unspecified atom stereocenters. The summed E-state index contributed by atoms with van der Waals surface area (Å²) in [5, 5.41) is 3.10. The fourth-order valence-corrected chi connectivity index (χ4v) is 3.70. The van der Waals surface area contributed by atoms with Gasteiger partial charge in [-0.25, -0.2) is 4.98 Å². The topological polar surface area (TPSA) is 78.1 Å². The first-order valence-corrected chi connectivity index (χ1v) is 9.32. The zero-order valence-electron chi connectivity index (χ0n) is 15.9. The van der Waals surface area contributed by atoms with Gasteiger partial charge in [0.25, 0.3) is 0 Å². The summed E-state index contributed by atoms with van der Waals surface area (Å²) in [6, 6.07) is 1.82. The number of hydrogen-bond acceptors (Lipinski definition) is 5. The van der Waals surface area contributed by atoms with Crippen LogP contribution in [-0.4, -0.2) is 4.98 Å². The Labute approximate surface area is 149 Å². The van der Waals surface area contributed by atoms with Crippen molar-refractivity contribution in [2.45, 2.75) is 67.0 Å². The maximum absolute atomic E-state index is 6.50. The molecule has 0 radical (unpaired) electrons. The van der Waals surface area contributed by atoms with Gasteiger partial charge < -0.3 is 15.9 Å². The van der Waals surface area contributed by atoms with Crippen molar-refractivity contribution < 1.29 is 4.42 Å². The van der Waals surface area contributed by atoms with E-state index in [2.05, 4.69) is 40.0 Å². The van der Waals surface area contributed by atoms with Gasteiger partial charge in [0.15, 0.2) is 0 Å². The molecule has 0 saturated heterocycles. The van der Waals surface area contributed by atoms with E-state index in [1.54, 1.807) is 11.3 Å². The summed E-state index contributed by atoms with van der Waals surface area (Å²) in [6.07, 6.45) is 0.792. The smallest absolute Gasteiger partial charge is 0.121 e. The SMILES string of the molecule is Cc1cc([C@H](N)C(C)(C)Cc2csc([C@H](N)C(C)(C)C)n2)oc1C. The average Bonchev–Trinajstić information content (AvgIpc) is 3.03. The summed E-state index contributed by atoms with van der Waals surface area (Å²) in [7, 11) is 0. The van der Waals surface area contributed by atoms with E-state index in [-0.39, 0.29) is 22.9 Å². The highest BCUT2D eigenvalue weighted by molar-refractivity contribution is 7.09. The molecule has 4 nitrogen and oxygen atoms in total. The Bertz CT molecular complexity index is 674. The molecule has 0 aromatic carbocycles. The van der Waals surface area contributed by atoms with Crippen LogP contribution < -0.4 is 11.5 Å². The molecule has 0 spiro atoms. The van der Waals surface area contributed by atoms with Crippen LogP contribution >= 0.6 is 11.3 Å². The number of rotatable bonds is 5. The van der Waals surface area contributed by atoms with Crippen molar-refractivity contribution in [2.75, 3.05) is 0 Å². The van der Waals surface area contributed by atoms with Gasteiger partial charge in [-0.15, -0.1) is 11.3 Å². The lowest BCUT2D eigenvalue weighted by atomic mass is 9.79. The molecule has 0 amide bonds. The van der Waals surface area contributed by atoms with E-state index in [4.69, 9.17) is 20.9 Å².